The van der Waals surface area contributed by atoms with Crippen molar-refractivity contribution in [3.63, 3.8) is 0 Å². The third-order valence-corrected chi connectivity index (χ3v) is 3.93. The minimum atomic E-state index is -0.0170. The molecule has 0 bridgehead atoms. The molecule has 102 valence electrons. The molecule has 1 saturated heterocycles. The van der Waals surface area contributed by atoms with Crippen molar-refractivity contribution in [2.24, 2.45) is 5.92 Å². The summed E-state index contributed by atoms with van der Waals surface area (Å²) in [6, 6.07) is 2.14. The van der Waals surface area contributed by atoms with Gasteiger partial charge in [0.05, 0.1) is 12.0 Å². The van der Waals surface area contributed by atoms with Crippen LogP contribution in [0.3, 0.4) is 0 Å². The van der Waals surface area contributed by atoms with Gasteiger partial charge in [-0.25, -0.2) is 0 Å². The molecular weight excluding hydrogens is 262 g/mol. The standard InChI is InChI=1S/C12H17N5OS/c1-9-15-16-12(19-9)14-11(18)10-4-2-6-17(8-10)7-3-5-13/h10H,2-4,6-8H2,1H3,(H,14,16,18). The van der Waals surface area contributed by atoms with Gasteiger partial charge >= 0.3 is 0 Å². The van der Waals surface area contributed by atoms with E-state index in [0.29, 0.717) is 11.6 Å². The molecule has 19 heavy (non-hydrogen) atoms. The van der Waals surface area contributed by atoms with Crippen LogP contribution in [-0.2, 0) is 4.79 Å². The number of likely N-dealkylation sites (tertiary alicyclic amines) is 1. The van der Waals surface area contributed by atoms with Crippen LogP contribution < -0.4 is 5.32 Å². The zero-order valence-corrected chi connectivity index (χ0v) is 11.7. The summed E-state index contributed by atoms with van der Waals surface area (Å²) in [6.07, 6.45) is 2.41. The summed E-state index contributed by atoms with van der Waals surface area (Å²) < 4.78 is 0. The molecule has 1 fully saturated rings. The minimum absolute atomic E-state index is 0.0119. The summed E-state index contributed by atoms with van der Waals surface area (Å²) in [5.41, 5.74) is 0. The van der Waals surface area contributed by atoms with E-state index in [4.69, 9.17) is 5.26 Å². The Kier molecular flexibility index (Phi) is 4.82. The molecule has 0 aromatic carbocycles. The van der Waals surface area contributed by atoms with Crippen molar-refractivity contribution in [2.45, 2.75) is 26.2 Å². The first-order valence-corrected chi connectivity index (χ1v) is 7.21. The van der Waals surface area contributed by atoms with Crippen LogP contribution >= 0.6 is 11.3 Å². The van der Waals surface area contributed by atoms with Crippen molar-refractivity contribution in [3.8, 4) is 6.07 Å². The summed E-state index contributed by atoms with van der Waals surface area (Å²) >= 11 is 1.38. The lowest BCUT2D eigenvalue weighted by Crippen LogP contribution is -2.41. The molecule has 0 aliphatic carbocycles. The number of carbonyl (C=O) groups is 1. The normalized spacial score (nSPS) is 19.9. The Bertz CT molecular complexity index is 481. The second-order valence-corrected chi connectivity index (χ2v) is 5.85. The predicted molar refractivity (Wildman–Crippen MR) is 72.7 cm³/mol. The second kappa shape index (κ2) is 6.59. The third-order valence-electron chi connectivity index (χ3n) is 3.17. The number of piperidine rings is 1. The largest absolute Gasteiger partial charge is 0.302 e. The fourth-order valence-corrected chi connectivity index (χ4v) is 2.83. The summed E-state index contributed by atoms with van der Waals surface area (Å²) in [6.45, 7) is 4.31. The molecule has 6 nitrogen and oxygen atoms in total. The zero-order valence-electron chi connectivity index (χ0n) is 10.9. The molecule has 1 amide bonds. The van der Waals surface area contributed by atoms with E-state index >= 15 is 0 Å². The van der Waals surface area contributed by atoms with Crippen molar-refractivity contribution in [3.05, 3.63) is 5.01 Å². The maximum Gasteiger partial charge on any atom is 0.230 e. The molecule has 0 saturated carbocycles. The lowest BCUT2D eigenvalue weighted by molar-refractivity contribution is -0.121. The topological polar surface area (TPSA) is 81.9 Å². The number of carbonyl (C=O) groups excluding carboxylic acids is 1. The Morgan fingerprint density at radius 1 is 1.63 bits per heavy atom. The Morgan fingerprint density at radius 3 is 3.16 bits per heavy atom. The molecule has 7 heteroatoms. The van der Waals surface area contributed by atoms with Crippen molar-refractivity contribution >= 4 is 22.4 Å². The van der Waals surface area contributed by atoms with E-state index < -0.39 is 0 Å². The van der Waals surface area contributed by atoms with Crippen LogP contribution in [0, 0.1) is 24.2 Å². The number of aromatic nitrogens is 2. The molecule has 1 aromatic rings. The van der Waals surface area contributed by atoms with Gasteiger partial charge in [-0.05, 0) is 26.3 Å². The molecule has 1 unspecified atom stereocenters. The molecule has 2 heterocycles. The number of aryl methyl sites for hydroxylation is 1. The van der Waals surface area contributed by atoms with Gasteiger partial charge in [0.1, 0.15) is 5.01 Å². The monoisotopic (exact) mass is 279 g/mol. The lowest BCUT2D eigenvalue weighted by atomic mass is 9.97. The molecule has 1 atom stereocenters. The van der Waals surface area contributed by atoms with E-state index in [-0.39, 0.29) is 11.8 Å². The number of nitriles is 1. The quantitative estimate of drug-likeness (QED) is 0.901. The van der Waals surface area contributed by atoms with E-state index in [9.17, 15) is 4.79 Å². The first-order valence-electron chi connectivity index (χ1n) is 6.39. The minimum Gasteiger partial charge on any atom is -0.302 e. The maximum atomic E-state index is 12.1. The van der Waals surface area contributed by atoms with Gasteiger partial charge in [0.25, 0.3) is 0 Å². The number of hydrogen-bond donors (Lipinski definition) is 1. The molecule has 1 aliphatic rings. The Morgan fingerprint density at radius 2 is 2.47 bits per heavy atom. The van der Waals surface area contributed by atoms with E-state index in [2.05, 4.69) is 26.5 Å². The number of nitrogens with one attached hydrogen (secondary N) is 1. The third kappa shape index (κ3) is 3.98. The van der Waals surface area contributed by atoms with Crippen LogP contribution in [0.1, 0.15) is 24.3 Å². The zero-order chi connectivity index (χ0) is 13.7. The SMILES string of the molecule is Cc1nnc(NC(=O)C2CCCN(CCC#N)C2)s1. The Hall–Kier alpha value is -1.52. The number of amides is 1. The van der Waals surface area contributed by atoms with Crippen LogP contribution in [0.5, 0.6) is 0 Å². The van der Waals surface area contributed by atoms with E-state index in [1.807, 2.05) is 6.92 Å². The second-order valence-electron chi connectivity index (χ2n) is 4.66. The van der Waals surface area contributed by atoms with Gasteiger partial charge in [0.2, 0.25) is 11.0 Å². The molecule has 0 spiro atoms. The molecule has 0 radical (unpaired) electrons. The lowest BCUT2D eigenvalue weighted by Gasteiger charge is -2.31. The van der Waals surface area contributed by atoms with E-state index in [1.54, 1.807) is 0 Å². The highest BCUT2D eigenvalue weighted by Gasteiger charge is 2.26. The first kappa shape index (κ1) is 13.9. The van der Waals surface area contributed by atoms with Crippen molar-refractivity contribution < 1.29 is 4.79 Å². The number of anilines is 1. The van der Waals surface area contributed by atoms with Gasteiger partial charge in [0, 0.05) is 19.5 Å². The number of nitrogens with zero attached hydrogens (tertiary/aromatic N) is 4. The van der Waals surface area contributed by atoms with Gasteiger partial charge in [0.15, 0.2) is 0 Å². The van der Waals surface area contributed by atoms with Gasteiger partial charge < -0.3 is 10.2 Å². The highest BCUT2D eigenvalue weighted by atomic mass is 32.1. The Labute approximate surface area is 116 Å². The van der Waals surface area contributed by atoms with E-state index in [0.717, 1.165) is 37.5 Å². The van der Waals surface area contributed by atoms with Crippen molar-refractivity contribution in [1.29, 1.82) is 5.26 Å². The molecule has 1 aliphatic heterocycles. The van der Waals surface area contributed by atoms with Gasteiger partial charge in [-0.15, -0.1) is 10.2 Å². The van der Waals surface area contributed by atoms with Gasteiger partial charge in [-0.3, -0.25) is 4.79 Å². The van der Waals surface area contributed by atoms with E-state index in [1.165, 1.54) is 11.3 Å². The summed E-state index contributed by atoms with van der Waals surface area (Å²) in [4.78, 5) is 14.3. The molecular formula is C12H17N5OS. The van der Waals surface area contributed by atoms with Crippen molar-refractivity contribution in [1.82, 2.24) is 15.1 Å². The first-order chi connectivity index (χ1) is 9.19. The Balaban J connectivity index is 1.86. The average molecular weight is 279 g/mol. The highest BCUT2D eigenvalue weighted by molar-refractivity contribution is 7.15. The van der Waals surface area contributed by atoms with Crippen LogP contribution in [0.2, 0.25) is 0 Å². The predicted octanol–water partition coefficient (Wildman–Crippen LogP) is 1.41. The number of hydrogen-bond acceptors (Lipinski definition) is 6. The van der Waals surface area contributed by atoms with Crippen LogP contribution in [0.4, 0.5) is 5.13 Å². The highest BCUT2D eigenvalue weighted by Crippen LogP contribution is 2.20. The summed E-state index contributed by atoms with van der Waals surface area (Å²) in [5.74, 6) is -0.00513. The average Bonchev–Trinajstić information content (AvgIpc) is 2.82. The van der Waals surface area contributed by atoms with Gasteiger partial charge in [-0.2, -0.15) is 5.26 Å². The molecule has 1 aromatic heterocycles. The van der Waals surface area contributed by atoms with Gasteiger partial charge in [-0.1, -0.05) is 11.3 Å². The number of rotatable bonds is 4. The van der Waals surface area contributed by atoms with Crippen molar-refractivity contribution in [2.75, 3.05) is 25.0 Å². The fourth-order valence-electron chi connectivity index (χ4n) is 2.24. The van der Waals surface area contributed by atoms with Crippen LogP contribution in [0.15, 0.2) is 0 Å². The summed E-state index contributed by atoms with van der Waals surface area (Å²) in [7, 11) is 0. The van der Waals surface area contributed by atoms with Crippen LogP contribution in [0.25, 0.3) is 0 Å². The fraction of sp³-hybridized carbons (Fsp3) is 0.667. The van der Waals surface area contributed by atoms with Crippen LogP contribution in [-0.4, -0.2) is 40.6 Å². The summed E-state index contributed by atoms with van der Waals surface area (Å²) in [5, 5.41) is 20.6. The maximum absolute atomic E-state index is 12.1. The molecule has 2 rings (SSSR count). The molecule has 1 N–H and O–H groups in total. The smallest absolute Gasteiger partial charge is 0.230 e.